The molecule has 0 saturated carbocycles. The van der Waals surface area contributed by atoms with Gasteiger partial charge in [0.1, 0.15) is 0 Å². The Kier molecular flexibility index (Phi) is 6.18. The number of hydrogen-bond donors (Lipinski definition) is 2. The summed E-state index contributed by atoms with van der Waals surface area (Å²) in [4.78, 5) is 13.3. The Bertz CT molecular complexity index is 740. The standard InChI is InChI=1S/C16H20N2O3S2/c1-2-11-23(20,21)18-14-6-3-5-13(12-14)16(19)17-9-8-15-7-4-10-22-15/h3-7,10,12,18H,2,8-9,11H2,1H3,(H,17,19). The molecule has 0 aliphatic heterocycles. The molecule has 0 saturated heterocycles. The molecule has 0 aliphatic rings. The summed E-state index contributed by atoms with van der Waals surface area (Å²) < 4.78 is 26.0. The Morgan fingerprint density at radius 1 is 1.22 bits per heavy atom. The number of amides is 1. The summed E-state index contributed by atoms with van der Waals surface area (Å²) >= 11 is 1.66. The van der Waals surface area contributed by atoms with Gasteiger partial charge in [0, 0.05) is 22.7 Å². The maximum absolute atomic E-state index is 12.1. The number of carbonyl (C=O) groups excluding carboxylic acids is 1. The minimum Gasteiger partial charge on any atom is -0.352 e. The highest BCUT2D eigenvalue weighted by Gasteiger charge is 2.11. The van der Waals surface area contributed by atoms with Crippen LogP contribution in [0.3, 0.4) is 0 Å². The third kappa shape index (κ3) is 5.69. The van der Waals surface area contributed by atoms with E-state index in [4.69, 9.17) is 0 Å². The fraction of sp³-hybridized carbons (Fsp3) is 0.312. The molecule has 0 atom stereocenters. The van der Waals surface area contributed by atoms with E-state index in [2.05, 4.69) is 10.0 Å². The highest BCUT2D eigenvalue weighted by molar-refractivity contribution is 7.92. The predicted molar refractivity (Wildman–Crippen MR) is 94.5 cm³/mol. The Morgan fingerprint density at radius 3 is 2.74 bits per heavy atom. The van der Waals surface area contributed by atoms with Crippen molar-refractivity contribution in [1.82, 2.24) is 5.32 Å². The van der Waals surface area contributed by atoms with E-state index >= 15 is 0 Å². The van der Waals surface area contributed by atoms with Gasteiger partial charge in [-0.2, -0.15) is 0 Å². The van der Waals surface area contributed by atoms with Crippen LogP contribution in [0.1, 0.15) is 28.6 Å². The van der Waals surface area contributed by atoms with Crippen LogP contribution in [0.2, 0.25) is 0 Å². The molecule has 0 bridgehead atoms. The summed E-state index contributed by atoms with van der Waals surface area (Å²) in [6.07, 6.45) is 1.32. The van der Waals surface area contributed by atoms with Gasteiger partial charge in [0.2, 0.25) is 10.0 Å². The number of thiophene rings is 1. The topological polar surface area (TPSA) is 75.3 Å². The number of anilines is 1. The largest absolute Gasteiger partial charge is 0.352 e. The number of rotatable bonds is 8. The number of nitrogens with one attached hydrogen (secondary N) is 2. The zero-order valence-corrected chi connectivity index (χ0v) is 14.5. The fourth-order valence-corrected chi connectivity index (χ4v) is 3.91. The van der Waals surface area contributed by atoms with Crippen LogP contribution in [0.5, 0.6) is 0 Å². The lowest BCUT2D eigenvalue weighted by Crippen LogP contribution is -2.25. The Morgan fingerprint density at radius 2 is 2.04 bits per heavy atom. The maximum atomic E-state index is 12.1. The van der Waals surface area contributed by atoms with Gasteiger partial charge in [-0.15, -0.1) is 11.3 Å². The number of benzene rings is 1. The minimum absolute atomic E-state index is 0.0598. The first-order chi connectivity index (χ1) is 11.0. The van der Waals surface area contributed by atoms with E-state index < -0.39 is 10.0 Å². The second-order valence-corrected chi connectivity index (χ2v) is 7.96. The highest BCUT2D eigenvalue weighted by Crippen LogP contribution is 2.13. The molecular weight excluding hydrogens is 332 g/mol. The molecule has 1 aromatic carbocycles. The van der Waals surface area contributed by atoms with E-state index in [0.717, 1.165) is 6.42 Å². The van der Waals surface area contributed by atoms with Crippen LogP contribution in [-0.2, 0) is 16.4 Å². The van der Waals surface area contributed by atoms with Crippen molar-refractivity contribution in [2.45, 2.75) is 19.8 Å². The van der Waals surface area contributed by atoms with Gasteiger partial charge in [-0.25, -0.2) is 8.42 Å². The molecular formula is C16H20N2O3S2. The van der Waals surface area contributed by atoms with Crippen molar-refractivity contribution in [2.24, 2.45) is 0 Å². The van der Waals surface area contributed by atoms with E-state index in [1.807, 2.05) is 17.5 Å². The highest BCUT2D eigenvalue weighted by atomic mass is 32.2. The van der Waals surface area contributed by atoms with E-state index in [-0.39, 0.29) is 11.7 Å². The second kappa shape index (κ2) is 8.12. The summed E-state index contributed by atoms with van der Waals surface area (Å²) in [6.45, 7) is 2.35. The SMILES string of the molecule is CCCS(=O)(=O)Nc1cccc(C(=O)NCCc2cccs2)c1. The third-order valence-corrected chi connectivity index (χ3v) is 5.54. The molecule has 2 aromatic rings. The molecule has 0 radical (unpaired) electrons. The third-order valence-electron chi connectivity index (χ3n) is 3.11. The van der Waals surface area contributed by atoms with Gasteiger partial charge in [-0.05, 0) is 42.5 Å². The van der Waals surface area contributed by atoms with Crippen molar-refractivity contribution >= 4 is 33.0 Å². The molecule has 0 spiro atoms. The Hall–Kier alpha value is -1.86. The first-order valence-corrected chi connectivity index (χ1v) is 9.94. The first kappa shape index (κ1) is 17.5. The van der Waals surface area contributed by atoms with E-state index in [9.17, 15) is 13.2 Å². The van der Waals surface area contributed by atoms with Crippen LogP contribution in [0, 0.1) is 0 Å². The van der Waals surface area contributed by atoms with Crippen LogP contribution in [0.4, 0.5) is 5.69 Å². The van der Waals surface area contributed by atoms with Crippen molar-refractivity contribution in [3.8, 4) is 0 Å². The van der Waals surface area contributed by atoms with Crippen molar-refractivity contribution < 1.29 is 13.2 Å². The molecule has 23 heavy (non-hydrogen) atoms. The fourth-order valence-electron chi connectivity index (χ4n) is 2.08. The van der Waals surface area contributed by atoms with Crippen LogP contribution >= 0.6 is 11.3 Å². The number of sulfonamides is 1. The summed E-state index contributed by atoms with van der Waals surface area (Å²) in [7, 11) is -3.35. The molecule has 2 N–H and O–H groups in total. The summed E-state index contributed by atoms with van der Waals surface area (Å²) in [5.41, 5.74) is 0.845. The Labute approximate surface area is 140 Å². The molecule has 2 rings (SSSR count). The lowest BCUT2D eigenvalue weighted by atomic mass is 10.2. The molecule has 0 unspecified atom stereocenters. The average molecular weight is 352 g/mol. The van der Waals surface area contributed by atoms with Gasteiger partial charge in [0.25, 0.3) is 5.91 Å². The molecule has 5 nitrogen and oxygen atoms in total. The minimum atomic E-state index is -3.35. The van der Waals surface area contributed by atoms with Crippen LogP contribution in [0.25, 0.3) is 0 Å². The van der Waals surface area contributed by atoms with Gasteiger partial charge in [0.15, 0.2) is 0 Å². The maximum Gasteiger partial charge on any atom is 0.251 e. The molecule has 7 heteroatoms. The molecule has 0 fully saturated rings. The smallest absolute Gasteiger partial charge is 0.251 e. The van der Waals surface area contributed by atoms with Crippen molar-refractivity contribution in [1.29, 1.82) is 0 Å². The predicted octanol–water partition coefficient (Wildman–Crippen LogP) is 2.87. The summed E-state index contributed by atoms with van der Waals surface area (Å²) in [6, 6.07) is 10.5. The van der Waals surface area contributed by atoms with E-state index in [1.165, 1.54) is 4.88 Å². The quantitative estimate of drug-likeness (QED) is 0.767. The molecule has 0 aliphatic carbocycles. The lowest BCUT2D eigenvalue weighted by molar-refractivity contribution is 0.0954. The summed E-state index contributed by atoms with van der Waals surface area (Å²) in [5, 5.41) is 4.85. The van der Waals surface area contributed by atoms with Crippen molar-refractivity contribution in [3.05, 3.63) is 52.2 Å². The normalized spacial score (nSPS) is 11.2. The molecule has 124 valence electrons. The monoisotopic (exact) mass is 352 g/mol. The Balaban J connectivity index is 1.94. The van der Waals surface area contributed by atoms with Crippen molar-refractivity contribution in [3.63, 3.8) is 0 Å². The molecule has 1 amide bonds. The van der Waals surface area contributed by atoms with Gasteiger partial charge < -0.3 is 5.32 Å². The van der Waals surface area contributed by atoms with Gasteiger partial charge >= 0.3 is 0 Å². The van der Waals surface area contributed by atoms with E-state index in [1.54, 1.807) is 42.5 Å². The first-order valence-electron chi connectivity index (χ1n) is 7.41. The van der Waals surface area contributed by atoms with Crippen molar-refractivity contribution in [2.75, 3.05) is 17.0 Å². The van der Waals surface area contributed by atoms with Gasteiger partial charge in [-0.1, -0.05) is 19.1 Å². The second-order valence-electron chi connectivity index (χ2n) is 5.09. The van der Waals surface area contributed by atoms with Crippen LogP contribution in [-0.4, -0.2) is 26.6 Å². The average Bonchev–Trinajstić information content (AvgIpc) is 3.00. The molecule has 1 heterocycles. The van der Waals surface area contributed by atoms with Gasteiger partial charge in [-0.3, -0.25) is 9.52 Å². The number of carbonyl (C=O) groups is 1. The molecule has 1 aromatic heterocycles. The number of hydrogen-bond acceptors (Lipinski definition) is 4. The zero-order valence-electron chi connectivity index (χ0n) is 12.9. The van der Waals surface area contributed by atoms with E-state index in [0.29, 0.717) is 24.2 Å². The van der Waals surface area contributed by atoms with Crippen LogP contribution in [0.15, 0.2) is 41.8 Å². The van der Waals surface area contributed by atoms with Gasteiger partial charge in [0.05, 0.1) is 5.75 Å². The zero-order chi connectivity index (χ0) is 16.7. The van der Waals surface area contributed by atoms with Crippen LogP contribution < -0.4 is 10.0 Å². The summed E-state index contributed by atoms with van der Waals surface area (Å²) in [5.74, 6) is -0.150. The lowest BCUT2D eigenvalue weighted by Gasteiger charge is -2.09.